The Morgan fingerprint density at radius 3 is 2.39 bits per heavy atom. The maximum absolute atomic E-state index is 13.2. The number of hydrogen-bond donors (Lipinski definition) is 1. The standard InChI is InChI=1S/C13H16F4O/c1-2-3-10(18)6-4-9-5-7-11(12(14)8-9)13(15,16)17/h5,7-8,10,18H,2-4,6H2,1H3. The van der Waals surface area contributed by atoms with Crippen molar-refractivity contribution in [3.05, 3.63) is 35.1 Å². The molecule has 0 aliphatic heterocycles. The van der Waals surface area contributed by atoms with E-state index in [0.717, 1.165) is 18.6 Å². The van der Waals surface area contributed by atoms with E-state index in [0.29, 0.717) is 24.8 Å². The van der Waals surface area contributed by atoms with Gasteiger partial charge in [0.05, 0.1) is 11.7 Å². The minimum absolute atomic E-state index is 0.371. The van der Waals surface area contributed by atoms with Crippen LogP contribution >= 0.6 is 0 Å². The molecule has 1 unspecified atom stereocenters. The number of rotatable bonds is 5. The molecule has 1 aromatic carbocycles. The van der Waals surface area contributed by atoms with E-state index < -0.39 is 23.7 Å². The van der Waals surface area contributed by atoms with Gasteiger partial charge >= 0.3 is 6.18 Å². The number of hydrogen-bond acceptors (Lipinski definition) is 1. The fourth-order valence-corrected chi connectivity index (χ4v) is 1.75. The molecule has 0 aliphatic carbocycles. The van der Waals surface area contributed by atoms with Crippen molar-refractivity contribution in [2.75, 3.05) is 0 Å². The first kappa shape index (κ1) is 15.0. The van der Waals surface area contributed by atoms with E-state index in [1.165, 1.54) is 6.07 Å². The van der Waals surface area contributed by atoms with Crippen molar-refractivity contribution in [2.45, 2.75) is 44.9 Å². The van der Waals surface area contributed by atoms with Gasteiger partial charge in [-0.2, -0.15) is 13.2 Å². The van der Waals surface area contributed by atoms with Crippen LogP contribution in [-0.2, 0) is 12.6 Å². The van der Waals surface area contributed by atoms with Crippen LogP contribution in [0.4, 0.5) is 17.6 Å². The van der Waals surface area contributed by atoms with Crippen molar-refractivity contribution in [3.8, 4) is 0 Å². The molecule has 1 aromatic rings. The lowest BCUT2D eigenvalue weighted by atomic mass is 10.0. The molecule has 0 aromatic heterocycles. The fourth-order valence-electron chi connectivity index (χ4n) is 1.75. The van der Waals surface area contributed by atoms with Gasteiger partial charge in [0.1, 0.15) is 5.82 Å². The van der Waals surface area contributed by atoms with Gasteiger partial charge in [-0.15, -0.1) is 0 Å². The topological polar surface area (TPSA) is 20.2 Å². The summed E-state index contributed by atoms with van der Waals surface area (Å²) in [7, 11) is 0. The molecule has 5 heteroatoms. The Morgan fingerprint density at radius 2 is 1.89 bits per heavy atom. The van der Waals surface area contributed by atoms with Gasteiger partial charge < -0.3 is 5.11 Å². The number of aliphatic hydroxyl groups is 1. The minimum Gasteiger partial charge on any atom is -0.393 e. The summed E-state index contributed by atoms with van der Waals surface area (Å²) in [5, 5.41) is 9.49. The largest absolute Gasteiger partial charge is 0.419 e. The molecule has 0 heterocycles. The highest BCUT2D eigenvalue weighted by molar-refractivity contribution is 5.26. The zero-order valence-corrected chi connectivity index (χ0v) is 10.1. The second kappa shape index (κ2) is 6.18. The number of halogens is 4. The first-order chi connectivity index (χ1) is 8.34. The Labute approximate surface area is 103 Å². The van der Waals surface area contributed by atoms with Crippen LogP contribution in [0.2, 0.25) is 0 Å². The summed E-state index contributed by atoms with van der Waals surface area (Å²) in [5.41, 5.74) is -0.781. The molecule has 0 fully saturated rings. The molecule has 0 aliphatic rings. The Hall–Kier alpha value is -1.10. The summed E-state index contributed by atoms with van der Waals surface area (Å²) < 4.78 is 50.2. The van der Waals surface area contributed by atoms with Crippen LogP contribution < -0.4 is 0 Å². The Kier molecular flexibility index (Phi) is 5.14. The average molecular weight is 264 g/mol. The van der Waals surface area contributed by atoms with Crippen molar-refractivity contribution in [1.29, 1.82) is 0 Å². The molecule has 102 valence electrons. The molecule has 0 radical (unpaired) electrons. The van der Waals surface area contributed by atoms with Crippen LogP contribution in [0, 0.1) is 5.82 Å². The summed E-state index contributed by atoms with van der Waals surface area (Å²) in [5.74, 6) is -1.26. The molecule has 0 amide bonds. The molecular weight excluding hydrogens is 248 g/mol. The van der Waals surface area contributed by atoms with Gasteiger partial charge in [-0.3, -0.25) is 0 Å². The highest BCUT2D eigenvalue weighted by Crippen LogP contribution is 2.31. The third-order valence-corrected chi connectivity index (χ3v) is 2.73. The van der Waals surface area contributed by atoms with Crippen LogP contribution in [0.15, 0.2) is 18.2 Å². The predicted octanol–water partition coefficient (Wildman–Crippen LogP) is 3.94. The molecule has 1 nitrogen and oxygen atoms in total. The Morgan fingerprint density at radius 1 is 1.22 bits per heavy atom. The zero-order valence-electron chi connectivity index (χ0n) is 10.1. The molecule has 1 N–H and O–H groups in total. The highest BCUT2D eigenvalue weighted by Gasteiger charge is 2.33. The van der Waals surface area contributed by atoms with Crippen molar-refractivity contribution >= 4 is 0 Å². The predicted molar refractivity (Wildman–Crippen MR) is 60.6 cm³/mol. The molecule has 0 saturated carbocycles. The summed E-state index contributed by atoms with van der Waals surface area (Å²) >= 11 is 0. The van der Waals surface area contributed by atoms with Crippen molar-refractivity contribution in [1.82, 2.24) is 0 Å². The second-order valence-corrected chi connectivity index (χ2v) is 4.29. The summed E-state index contributed by atoms with van der Waals surface area (Å²) in [6.45, 7) is 1.93. The van der Waals surface area contributed by atoms with Gasteiger partial charge in [0.25, 0.3) is 0 Å². The van der Waals surface area contributed by atoms with E-state index in [4.69, 9.17) is 0 Å². The van der Waals surface area contributed by atoms with Crippen molar-refractivity contribution in [2.24, 2.45) is 0 Å². The molecule has 1 atom stereocenters. The lowest BCUT2D eigenvalue weighted by Gasteiger charge is -2.11. The SMILES string of the molecule is CCCC(O)CCc1ccc(C(F)(F)F)c(F)c1. The van der Waals surface area contributed by atoms with Crippen LogP contribution in [0.3, 0.4) is 0 Å². The van der Waals surface area contributed by atoms with Gasteiger partial charge in [0.2, 0.25) is 0 Å². The Balaban J connectivity index is 2.68. The quantitative estimate of drug-likeness (QED) is 0.799. The summed E-state index contributed by atoms with van der Waals surface area (Å²) in [4.78, 5) is 0. The number of alkyl halides is 3. The van der Waals surface area contributed by atoms with Crippen LogP contribution in [-0.4, -0.2) is 11.2 Å². The minimum atomic E-state index is -4.66. The number of aryl methyl sites for hydroxylation is 1. The smallest absolute Gasteiger partial charge is 0.393 e. The maximum atomic E-state index is 13.2. The first-order valence-electron chi connectivity index (χ1n) is 5.88. The van der Waals surface area contributed by atoms with E-state index in [9.17, 15) is 22.7 Å². The van der Waals surface area contributed by atoms with Crippen LogP contribution in [0.5, 0.6) is 0 Å². The number of aliphatic hydroxyl groups excluding tert-OH is 1. The molecule has 0 saturated heterocycles. The summed E-state index contributed by atoms with van der Waals surface area (Å²) in [6.07, 6.45) is -2.87. The monoisotopic (exact) mass is 264 g/mol. The van der Waals surface area contributed by atoms with Crippen LogP contribution in [0.1, 0.15) is 37.3 Å². The van der Waals surface area contributed by atoms with Gasteiger partial charge in [0.15, 0.2) is 0 Å². The summed E-state index contributed by atoms with van der Waals surface area (Å²) in [6, 6.07) is 2.89. The molecule has 0 bridgehead atoms. The average Bonchev–Trinajstić information content (AvgIpc) is 2.25. The third kappa shape index (κ3) is 4.29. The second-order valence-electron chi connectivity index (χ2n) is 4.29. The zero-order chi connectivity index (χ0) is 13.8. The van der Waals surface area contributed by atoms with E-state index in [-0.39, 0.29) is 0 Å². The third-order valence-electron chi connectivity index (χ3n) is 2.73. The lowest BCUT2D eigenvalue weighted by molar-refractivity contribution is -0.140. The van der Waals surface area contributed by atoms with Gasteiger partial charge in [0, 0.05) is 0 Å². The number of benzene rings is 1. The van der Waals surface area contributed by atoms with Crippen molar-refractivity contribution < 1.29 is 22.7 Å². The fraction of sp³-hybridized carbons (Fsp3) is 0.538. The molecule has 18 heavy (non-hydrogen) atoms. The van der Waals surface area contributed by atoms with Gasteiger partial charge in [-0.1, -0.05) is 19.4 Å². The van der Waals surface area contributed by atoms with Gasteiger partial charge in [-0.25, -0.2) is 4.39 Å². The van der Waals surface area contributed by atoms with E-state index >= 15 is 0 Å². The normalized spacial score (nSPS) is 13.7. The maximum Gasteiger partial charge on any atom is 0.419 e. The van der Waals surface area contributed by atoms with E-state index in [2.05, 4.69) is 0 Å². The van der Waals surface area contributed by atoms with Crippen LogP contribution in [0.25, 0.3) is 0 Å². The molecule has 1 rings (SSSR count). The van der Waals surface area contributed by atoms with E-state index in [1.807, 2.05) is 6.92 Å². The van der Waals surface area contributed by atoms with E-state index in [1.54, 1.807) is 0 Å². The lowest BCUT2D eigenvalue weighted by Crippen LogP contribution is -2.10. The Bertz CT molecular complexity index is 387. The molecular formula is C13H16F4O. The van der Waals surface area contributed by atoms with Crippen molar-refractivity contribution in [3.63, 3.8) is 0 Å². The molecule has 0 spiro atoms. The highest BCUT2D eigenvalue weighted by atomic mass is 19.4. The van der Waals surface area contributed by atoms with Gasteiger partial charge in [-0.05, 0) is 37.0 Å². The first-order valence-corrected chi connectivity index (χ1v) is 5.88.